The second kappa shape index (κ2) is 12.7. The van der Waals surface area contributed by atoms with Crippen LogP contribution in [0.3, 0.4) is 0 Å². The number of rotatable bonds is 11. The maximum Gasteiger partial charge on any atom is 0.262 e. The lowest BCUT2D eigenvalue weighted by Crippen LogP contribution is -2.47. The Balaban J connectivity index is 1.07. The third-order valence-corrected chi connectivity index (χ3v) is 6.96. The van der Waals surface area contributed by atoms with E-state index in [1.807, 2.05) is 24.3 Å². The second-order valence-electron chi connectivity index (χ2n) is 9.11. The zero-order valence-corrected chi connectivity index (χ0v) is 21.1. The number of fused-ring (bicyclic) bond motifs is 1. The normalized spacial score (nSPS) is 14.3. The van der Waals surface area contributed by atoms with Crippen molar-refractivity contribution in [1.82, 2.24) is 19.8 Å². The van der Waals surface area contributed by atoms with Crippen LogP contribution in [0.2, 0.25) is 0 Å². The van der Waals surface area contributed by atoms with Crippen molar-refractivity contribution in [2.24, 2.45) is 0 Å². The van der Waals surface area contributed by atoms with E-state index in [0.29, 0.717) is 23.1 Å². The quantitative estimate of drug-likeness (QED) is 0.313. The van der Waals surface area contributed by atoms with Gasteiger partial charge in [0.25, 0.3) is 5.56 Å². The minimum atomic E-state index is -0.0522. The van der Waals surface area contributed by atoms with Gasteiger partial charge < -0.3 is 15.2 Å². The summed E-state index contributed by atoms with van der Waals surface area (Å²) >= 11 is 5.36. The Hall–Kier alpha value is -2.97. The van der Waals surface area contributed by atoms with E-state index in [4.69, 9.17) is 12.2 Å². The number of anilines is 1. The summed E-state index contributed by atoms with van der Waals surface area (Å²) in [4.78, 5) is 32.9. The highest BCUT2D eigenvalue weighted by Crippen LogP contribution is 2.15. The fourth-order valence-electron chi connectivity index (χ4n) is 4.62. The lowest BCUT2D eigenvalue weighted by Gasteiger charge is -2.36. The first-order chi connectivity index (χ1) is 17.1. The molecule has 35 heavy (non-hydrogen) atoms. The van der Waals surface area contributed by atoms with E-state index >= 15 is 0 Å². The van der Waals surface area contributed by atoms with E-state index < -0.39 is 0 Å². The molecule has 8 heteroatoms. The summed E-state index contributed by atoms with van der Waals surface area (Å²) in [5.74, 6) is 0.110. The molecule has 2 heterocycles. The number of hydrogen-bond acceptors (Lipinski definition) is 5. The van der Waals surface area contributed by atoms with Gasteiger partial charge in [0.2, 0.25) is 5.91 Å². The van der Waals surface area contributed by atoms with Gasteiger partial charge in [-0.3, -0.25) is 19.1 Å². The molecule has 186 valence electrons. The van der Waals surface area contributed by atoms with Crippen LogP contribution in [0.1, 0.15) is 32.1 Å². The van der Waals surface area contributed by atoms with E-state index in [0.717, 1.165) is 70.5 Å². The predicted molar refractivity (Wildman–Crippen MR) is 145 cm³/mol. The molecule has 1 aliphatic heterocycles. The number of carbonyl (C=O) groups is 1. The molecule has 3 aromatic rings. The Morgan fingerprint density at radius 3 is 2.43 bits per heavy atom. The topological polar surface area (TPSA) is 73.4 Å². The zero-order chi connectivity index (χ0) is 24.5. The van der Waals surface area contributed by atoms with Crippen LogP contribution in [0.15, 0.2) is 59.4 Å². The summed E-state index contributed by atoms with van der Waals surface area (Å²) in [7, 11) is 0. The Morgan fingerprint density at radius 1 is 0.886 bits per heavy atom. The van der Waals surface area contributed by atoms with Crippen molar-refractivity contribution in [1.29, 1.82) is 0 Å². The number of hydrogen-bond donors (Lipinski definition) is 2. The molecule has 2 N–H and O–H groups in total. The predicted octanol–water partition coefficient (Wildman–Crippen LogP) is 3.95. The Bertz CT molecular complexity index is 1220. The van der Waals surface area contributed by atoms with Crippen molar-refractivity contribution in [3.8, 4) is 0 Å². The number of H-pyrrole nitrogens is 1. The standard InChI is InChI=1S/C27H35N5O2S/c33-25(28-15-9-16-30-18-20-31(21-19-30)22-10-3-1-4-11-22)14-5-2-8-17-32-26(34)23-12-6-7-13-24(23)29-27(32)35/h1,3-4,6-7,10-13H,2,5,8-9,14-21H2,(H,28,33)(H,29,35). The second-order valence-corrected chi connectivity index (χ2v) is 9.50. The molecule has 1 amide bonds. The SMILES string of the molecule is O=C(CCCCCn1c(=S)[nH]c2ccccc2c1=O)NCCCN1CCN(c2ccccc2)CC1. The first kappa shape index (κ1) is 25.1. The molecule has 1 saturated heterocycles. The lowest BCUT2D eigenvalue weighted by atomic mass is 10.2. The molecule has 0 bridgehead atoms. The molecule has 2 aromatic carbocycles. The number of nitrogens with one attached hydrogen (secondary N) is 2. The van der Waals surface area contributed by atoms with Crippen molar-refractivity contribution in [2.45, 2.75) is 38.6 Å². The van der Waals surface area contributed by atoms with Crippen molar-refractivity contribution in [3.63, 3.8) is 0 Å². The largest absolute Gasteiger partial charge is 0.369 e. The molecule has 0 spiro atoms. The molecule has 0 atom stereocenters. The van der Waals surface area contributed by atoms with Gasteiger partial charge in [0.05, 0.1) is 10.9 Å². The monoisotopic (exact) mass is 493 g/mol. The summed E-state index contributed by atoms with van der Waals surface area (Å²) in [6, 6.07) is 18.0. The van der Waals surface area contributed by atoms with Crippen LogP contribution >= 0.6 is 12.2 Å². The molecule has 0 radical (unpaired) electrons. The maximum absolute atomic E-state index is 12.7. The van der Waals surface area contributed by atoms with Crippen LogP contribution in [-0.2, 0) is 11.3 Å². The number of nitrogens with zero attached hydrogens (tertiary/aromatic N) is 3. The molecule has 1 aliphatic rings. The Labute approximate surface area is 211 Å². The summed E-state index contributed by atoms with van der Waals surface area (Å²) in [6.07, 6.45) is 4.01. The number of amides is 1. The van der Waals surface area contributed by atoms with Crippen molar-refractivity contribution in [3.05, 3.63) is 69.7 Å². The summed E-state index contributed by atoms with van der Waals surface area (Å²) < 4.78 is 2.07. The van der Waals surface area contributed by atoms with Crippen LogP contribution in [0, 0.1) is 4.77 Å². The van der Waals surface area contributed by atoms with Crippen LogP contribution in [0.25, 0.3) is 10.9 Å². The summed E-state index contributed by atoms with van der Waals surface area (Å²) in [6.45, 7) is 6.53. The van der Waals surface area contributed by atoms with Crippen LogP contribution in [0.5, 0.6) is 0 Å². The number of piperazine rings is 1. The van der Waals surface area contributed by atoms with Gasteiger partial charge >= 0.3 is 0 Å². The van der Waals surface area contributed by atoms with Crippen LogP contribution < -0.4 is 15.8 Å². The Kier molecular flexibility index (Phi) is 9.08. The molecule has 0 aliphatic carbocycles. The molecule has 0 saturated carbocycles. The number of carbonyl (C=O) groups excluding carboxylic acids is 1. The molecule has 7 nitrogen and oxygen atoms in total. The van der Waals surface area contributed by atoms with E-state index in [1.165, 1.54) is 5.69 Å². The summed E-state index contributed by atoms with van der Waals surface area (Å²) in [5.41, 5.74) is 2.01. The zero-order valence-electron chi connectivity index (χ0n) is 20.2. The third-order valence-electron chi connectivity index (χ3n) is 6.64. The van der Waals surface area contributed by atoms with Crippen LogP contribution in [0.4, 0.5) is 5.69 Å². The minimum absolute atomic E-state index is 0.0522. The molecule has 1 fully saturated rings. The van der Waals surface area contributed by atoms with Gasteiger partial charge in [0.15, 0.2) is 4.77 Å². The highest BCUT2D eigenvalue weighted by molar-refractivity contribution is 7.71. The first-order valence-corrected chi connectivity index (χ1v) is 13.0. The average molecular weight is 494 g/mol. The van der Waals surface area contributed by atoms with Gasteiger partial charge in [-0.2, -0.15) is 0 Å². The number of aromatic nitrogens is 2. The fourth-order valence-corrected chi connectivity index (χ4v) is 4.91. The van der Waals surface area contributed by atoms with Crippen molar-refractivity contribution < 1.29 is 4.79 Å². The minimum Gasteiger partial charge on any atom is -0.369 e. The molecular formula is C27H35N5O2S. The molecule has 4 rings (SSSR count). The van der Waals surface area contributed by atoms with Gasteiger partial charge in [-0.1, -0.05) is 36.8 Å². The highest BCUT2D eigenvalue weighted by atomic mass is 32.1. The molecule has 0 unspecified atom stereocenters. The Morgan fingerprint density at radius 2 is 1.63 bits per heavy atom. The van der Waals surface area contributed by atoms with Gasteiger partial charge in [-0.25, -0.2) is 0 Å². The van der Waals surface area contributed by atoms with Gasteiger partial charge in [0, 0.05) is 51.4 Å². The molecule has 1 aromatic heterocycles. The van der Waals surface area contributed by atoms with Crippen LogP contribution in [-0.4, -0.2) is 59.6 Å². The summed E-state index contributed by atoms with van der Waals surface area (Å²) in [5, 5.41) is 3.70. The van der Waals surface area contributed by atoms with E-state index in [9.17, 15) is 9.59 Å². The molecular weight excluding hydrogens is 458 g/mol. The number of para-hydroxylation sites is 2. The fraction of sp³-hybridized carbons (Fsp3) is 0.444. The lowest BCUT2D eigenvalue weighted by molar-refractivity contribution is -0.121. The van der Waals surface area contributed by atoms with E-state index in [-0.39, 0.29) is 11.5 Å². The average Bonchev–Trinajstić information content (AvgIpc) is 2.89. The van der Waals surface area contributed by atoms with Gasteiger partial charge in [-0.15, -0.1) is 0 Å². The van der Waals surface area contributed by atoms with E-state index in [2.05, 4.69) is 50.4 Å². The third kappa shape index (κ3) is 7.02. The van der Waals surface area contributed by atoms with Gasteiger partial charge in [0.1, 0.15) is 0 Å². The highest BCUT2D eigenvalue weighted by Gasteiger charge is 2.16. The number of benzene rings is 2. The smallest absolute Gasteiger partial charge is 0.262 e. The maximum atomic E-state index is 12.7. The number of unbranched alkanes of at least 4 members (excludes halogenated alkanes) is 2. The first-order valence-electron chi connectivity index (χ1n) is 12.6. The van der Waals surface area contributed by atoms with Gasteiger partial charge in [-0.05, 0) is 62.3 Å². The van der Waals surface area contributed by atoms with Crippen molar-refractivity contribution >= 4 is 34.7 Å². The van der Waals surface area contributed by atoms with Crippen molar-refractivity contribution in [2.75, 3.05) is 44.2 Å². The van der Waals surface area contributed by atoms with E-state index in [1.54, 1.807) is 4.57 Å². The number of aromatic amines is 1.